The number of nitrogens with zero attached hydrogens (tertiary/aromatic N) is 2. The second-order valence-corrected chi connectivity index (χ2v) is 4.45. The van der Waals surface area contributed by atoms with Crippen LogP contribution in [0, 0.1) is 6.92 Å². The monoisotopic (exact) mass is 223 g/mol. The molecule has 0 aromatic carbocycles. The summed E-state index contributed by atoms with van der Waals surface area (Å²) in [5, 5.41) is 3.18. The number of aromatic nitrogens is 2. The minimum Gasteiger partial charge on any atom is -0.335 e. The highest BCUT2D eigenvalue weighted by Gasteiger charge is 1.96. The molecule has 0 bridgehead atoms. The number of hydrogen-bond acceptors (Lipinski definition) is 2. The fraction of sp³-hybridized carbons (Fsp3) is 0.769. The van der Waals surface area contributed by atoms with E-state index in [2.05, 4.69) is 21.8 Å². The molecule has 0 atom stereocenters. The van der Waals surface area contributed by atoms with Gasteiger partial charge in [0.25, 0.3) is 0 Å². The fourth-order valence-corrected chi connectivity index (χ4v) is 1.91. The average molecular weight is 223 g/mol. The highest BCUT2D eigenvalue weighted by Crippen LogP contribution is 2.07. The molecule has 0 amide bonds. The minimum atomic E-state index is 1.13. The van der Waals surface area contributed by atoms with E-state index < -0.39 is 0 Å². The Morgan fingerprint density at radius 2 is 1.81 bits per heavy atom. The Labute approximate surface area is 99.3 Å². The van der Waals surface area contributed by atoms with Gasteiger partial charge in [-0.25, -0.2) is 4.98 Å². The van der Waals surface area contributed by atoms with E-state index in [1.807, 2.05) is 19.6 Å². The van der Waals surface area contributed by atoms with Crippen LogP contribution in [0.5, 0.6) is 0 Å². The van der Waals surface area contributed by atoms with Crippen LogP contribution in [0.2, 0.25) is 0 Å². The lowest BCUT2D eigenvalue weighted by atomic mass is 10.1. The maximum absolute atomic E-state index is 4.13. The third-order valence-electron chi connectivity index (χ3n) is 3.00. The number of rotatable bonds is 9. The average Bonchev–Trinajstić information content (AvgIpc) is 2.68. The molecule has 0 radical (unpaired) electrons. The van der Waals surface area contributed by atoms with Gasteiger partial charge in [-0.15, -0.1) is 0 Å². The lowest BCUT2D eigenvalue weighted by molar-refractivity contribution is 0.543. The van der Waals surface area contributed by atoms with Crippen molar-refractivity contribution in [2.45, 2.75) is 52.0 Å². The predicted octanol–water partition coefficient (Wildman–Crippen LogP) is 2.75. The van der Waals surface area contributed by atoms with Gasteiger partial charge < -0.3 is 9.88 Å². The Balaban J connectivity index is 1.91. The molecule has 1 aromatic heterocycles. The molecular formula is C13H25N3. The van der Waals surface area contributed by atoms with Crippen LogP contribution in [-0.4, -0.2) is 23.1 Å². The number of imidazole rings is 1. The van der Waals surface area contributed by atoms with Crippen molar-refractivity contribution >= 4 is 0 Å². The Bertz CT molecular complexity index is 268. The smallest absolute Gasteiger partial charge is 0.0948 e. The zero-order chi connectivity index (χ0) is 11.6. The van der Waals surface area contributed by atoms with E-state index in [1.165, 1.54) is 44.2 Å². The first-order valence-electron chi connectivity index (χ1n) is 6.46. The zero-order valence-electron chi connectivity index (χ0n) is 10.7. The van der Waals surface area contributed by atoms with Crippen LogP contribution in [0.1, 0.15) is 44.2 Å². The van der Waals surface area contributed by atoms with Crippen LogP contribution in [0.15, 0.2) is 12.5 Å². The van der Waals surface area contributed by atoms with Crippen molar-refractivity contribution in [3.63, 3.8) is 0 Å². The Morgan fingerprint density at radius 1 is 1.12 bits per heavy atom. The summed E-state index contributed by atoms with van der Waals surface area (Å²) < 4.78 is 2.24. The van der Waals surface area contributed by atoms with Crippen LogP contribution >= 0.6 is 0 Å². The van der Waals surface area contributed by atoms with Gasteiger partial charge >= 0.3 is 0 Å². The maximum Gasteiger partial charge on any atom is 0.0948 e. The van der Waals surface area contributed by atoms with Crippen molar-refractivity contribution in [3.8, 4) is 0 Å². The highest BCUT2D eigenvalue weighted by atomic mass is 15.0. The van der Waals surface area contributed by atoms with Gasteiger partial charge in [0.15, 0.2) is 0 Å². The van der Waals surface area contributed by atoms with Gasteiger partial charge in [0, 0.05) is 18.4 Å². The lowest BCUT2D eigenvalue weighted by Crippen LogP contribution is -2.06. The summed E-state index contributed by atoms with van der Waals surface area (Å²) in [4.78, 5) is 4.13. The summed E-state index contributed by atoms with van der Waals surface area (Å²) >= 11 is 0. The van der Waals surface area contributed by atoms with Crippen molar-refractivity contribution in [3.05, 3.63) is 18.2 Å². The van der Waals surface area contributed by atoms with Gasteiger partial charge in [0.05, 0.1) is 6.33 Å². The van der Waals surface area contributed by atoms with Gasteiger partial charge in [-0.2, -0.15) is 0 Å². The molecule has 92 valence electrons. The number of nitrogens with one attached hydrogen (secondary N) is 1. The molecule has 0 saturated carbocycles. The van der Waals surface area contributed by atoms with E-state index >= 15 is 0 Å². The van der Waals surface area contributed by atoms with Gasteiger partial charge in [-0.05, 0) is 33.4 Å². The molecule has 1 heterocycles. The molecule has 0 unspecified atom stereocenters. The molecule has 3 nitrogen and oxygen atoms in total. The van der Waals surface area contributed by atoms with Crippen molar-refractivity contribution in [2.75, 3.05) is 13.6 Å². The van der Waals surface area contributed by atoms with E-state index in [9.17, 15) is 0 Å². The van der Waals surface area contributed by atoms with Crippen molar-refractivity contribution in [1.29, 1.82) is 0 Å². The Morgan fingerprint density at radius 3 is 2.44 bits per heavy atom. The van der Waals surface area contributed by atoms with Crippen LogP contribution in [0.3, 0.4) is 0 Å². The van der Waals surface area contributed by atoms with Gasteiger partial charge in [-0.3, -0.25) is 0 Å². The molecule has 0 fully saturated rings. The topological polar surface area (TPSA) is 29.9 Å². The molecule has 3 heteroatoms. The maximum atomic E-state index is 4.13. The molecule has 1 aromatic rings. The second kappa shape index (κ2) is 8.34. The Kier molecular flexibility index (Phi) is 6.90. The van der Waals surface area contributed by atoms with E-state index in [1.54, 1.807) is 0 Å². The van der Waals surface area contributed by atoms with Gasteiger partial charge in [0.1, 0.15) is 0 Å². The highest BCUT2D eigenvalue weighted by molar-refractivity contribution is 4.93. The summed E-state index contributed by atoms with van der Waals surface area (Å²) in [5.41, 5.74) is 1.27. The molecule has 0 spiro atoms. The summed E-state index contributed by atoms with van der Waals surface area (Å²) in [5.74, 6) is 0. The third-order valence-corrected chi connectivity index (χ3v) is 3.00. The third kappa shape index (κ3) is 5.31. The normalized spacial score (nSPS) is 10.9. The first kappa shape index (κ1) is 13.2. The van der Waals surface area contributed by atoms with Crippen LogP contribution in [0.25, 0.3) is 0 Å². The molecule has 0 aliphatic heterocycles. The van der Waals surface area contributed by atoms with E-state index in [4.69, 9.17) is 0 Å². The van der Waals surface area contributed by atoms with E-state index in [-0.39, 0.29) is 0 Å². The van der Waals surface area contributed by atoms with Crippen molar-refractivity contribution in [2.24, 2.45) is 0 Å². The molecule has 16 heavy (non-hydrogen) atoms. The van der Waals surface area contributed by atoms with Crippen molar-refractivity contribution < 1.29 is 0 Å². The molecule has 0 aliphatic rings. The summed E-state index contributed by atoms with van der Waals surface area (Å²) in [6.45, 7) is 4.40. The zero-order valence-corrected chi connectivity index (χ0v) is 10.7. The summed E-state index contributed by atoms with van der Waals surface area (Å²) in [6, 6.07) is 0. The quantitative estimate of drug-likeness (QED) is 0.652. The first-order valence-corrected chi connectivity index (χ1v) is 6.46. The molecule has 1 rings (SSSR count). The molecular weight excluding hydrogens is 198 g/mol. The van der Waals surface area contributed by atoms with Crippen molar-refractivity contribution in [1.82, 2.24) is 14.9 Å². The van der Waals surface area contributed by atoms with E-state index in [0.717, 1.165) is 13.1 Å². The predicted molar refractivity (Wildman–Crippen MR) is 68.6 cm³/mol. The van der Waals surface area contributed by atoms with E-state index in [0.29, 0.717) is 0 Å². The number of hydrogen-bond donors (Lipinski definition) is 1. The molecule has 0 saturated heterocycles. The standard InChI is InChI=1S/C13H25N3/c1-13-11-15-12-16(13)10-8-6-4-3-5-7-9-14-2/h11-12,14H,3-10H2,1-2H3. The molecule has 1 N–H and O–H groups in total. The lowest BCUT2D eigenvalue weighted by Gasteiger charge is -2.05. The van der Waals surface area contributed by atoms with Crippen LogP contribution in [-0.2, 0) is 6.54 Å². The Hall–Kier alpha value is -0.830. The SMILES string of the molecule is CNCCCCCCCCn1cncc1C. The fourth-order valence-electron chi connectivity index (χ4n) is 1.91. The molecule has 0 aliphatic carbocycles. The van der Waals surface area contributed by atoms with Crippen LogP contribution < -0.4 is 5.32 Å². The van der Waals surface area contributed by atoms with Gasteiger partial charge in [0.2, 0.25) is 0 Å². The van der Waals surface area contributed by atoms with Gasteiger partial charge in [-0.1, -0.05) is 25.7 Å². The summed E-state index contributed by atoms with van der Waals surface area (Å²) in [6.07, 6.45) is 11.9. The largest absolute Gasteiger partial charge is 0.335 e. The van der Waals surface area contributed by atoms with Crippen LogP contribution in [0.4, 0.5) is 0 Å². The second-order valence-electron chi connectivity index (χ2n) is 4.45. The minimum absolute atomic E-state index is 1.13. The number of unbranched alkanes of at least 4 members (excludes halogenated alkanes) is 5. The first-order chi connectivity index (χ1) is 7.84. The summed E-state index contributed by atoms with van der Waals surface area (Å²) in [7, 11) is 2.02. The number of aryl methyl sites for hydroxylation is 2.